The Labute approximate surface area is 104 Å². The third-order valence-electron chi connectivity index (χ3n) is 3.40. The van der Waals surface area contributed by atoms with Gasteiger partial charge in [-0.05, 0) is 45.1 Å². The SMILES string of the molecule is CN(CCN1CCCCC1)Cc1ccccn1. The summed E-state index contributed by atoms with van der Waals surface area (Å²) in [6, 6.07) is 6.12. The van der Waals surface area contributed by atoms with Gasteiger partial charge in [0, 0.05) is 25.8 Å². The van der Waals surface area contributed by atoms with Gasteiger partial charge in [0.15, 0.2) is 0 Å². The number of likely N-dealkylation sites (tertiary alicyclic amines) is 1. The Bertz CT molecular complexity index is 307. The van der Waals surface area contributed by atoms with Crippen molar-refractivity contribution in [1.29, 1.82) is 0 Å². The van der Waals surface area contributed by atoms with E-state index < -0.39 is 0 Å². The van der Waals surface area contributed by atoms with E-state index in [1.807, 2.05) is 12.3 Å². The van der Waals surface area contributed by atoms with E-state index in [9.17, 15) is 0 Å². The maximum absolute atomic E-state index is 4.36. The van der Waals surface area contributed by atoms with Gasteiger partial charge in [0.2, 0.25) is 0 Å². The van der Waals surface area contributed by atoms with Crippen molar-refractivity contribution in [1.82, 2.24) is 14.8 Å². The zero-order valence-corrected chi connectivity index (χ0v) is 10.8. The molecule has 17 heavy (non-hydrogen) atoms. The first-order chi connectivity index (χ1) is 8.34. The van der Waals surface area contributed by atoms with Gasteiger partial charge in [-0.2, -0.15) is 0 Å². The van der Waals surface area contributed by atoms with Crippen molar-refractivity contribution in [3.8, 4) is 0 Å². The fourth-order valence-corrected chi connectivity index (χ4v) is 2.34. The fourth-order valence-electron chi connectivity index (χ4n) is 2.34. The normalized spacial score (nSPS) is 17.5. The first-order valence-electron chi connectivity index (χ1n) is 6.65. The summed E-state index contributed by atoms with van der Waals surface area (Å²) in [5.74, 6) is 0. The summed E-state index contributed by atoms with van der Waals surface area (Å²) in [7, 11) is 2.18. The van der Waals surface area contributed by atoms with Crippen LogP contribution < -0.4 is 0 Å². The molecule has 0 amide bonds. The molecule has 0 aliphatic carbocycles. The van der Waals surface area contributed by atoms with Gasteiger partial charge in [-0.3, -0.25) is 9.88 Å². The van der Waals surface area contributed by atoms with Crippen molar-refractivity contribution in [2.45, 2.75) is 25.8 Å². The molecule has 1 fully saturated rings. The van der Waals surface area contributed by atoms with Gasteiger partial charge in [0.25, 0.3) is 0 Å². The second kappa shape index (κ2) is 6.72. The van der Waals surface area contributed by atoms with Crippen LogP contribution in [0.25, 0.3) is 0 Å². The van der Waals surface area contributed by atoms with Crippen LogP contribution in [0.2, 0.25) is 0 Å². The molecule has 2 heterocycles. The fraction of sp³-hybridized carbons (Fsp3) is 0.643. The average Bonchev–Trinajstić information content (AvgIpc) is 2.39. The topological polar surface area (TPSA) is 19.4 Å². The van der Waals surface area contributed by atoms with Crippen LogP contribution in [-0.2, 0) is 6.54 Å². The molecule has 0 saturated carbocycles. The van der Waals surface area contributed by atoms with E-state index in [-0.39, 0.29) is 0 Å². The number of rotatable bonds is 5. The zero-order chi connectivity index (χ0) is 11.9. The van der Waals surface area contributed by atoms with Crippen LogP contribution in [0.1, 0.15) is 25.0 Å². The number of nitrogens with zero attached hydrogens (tertiary/aromatic N) is 3. The summed E-state index contributed by atoms with van der Waals surface area (Å²) in [5, 5.41) is 0. The van der Waals surface area contributed by atoms with Gasteiger partial charge >= 0.3 is 0 Å². The Hall–Kier alpha value is -0.930. The molecule has 0 unspecified atom stereocenters. The summed E-state index contributed by atoms with van der Waals surface area (Å²) in [5.41, 5.74) is 1.16. The van der Waals surface area contributed by atoms with Crippen LogP contribution in [0.15, 0.2) is 24.4 Å². The molecule has 1 aliphatic rings. The Kier molecular flexibility index (Phi) is 4.95. The first-order valence-corrected chi connectivity index (χ1v) is 6.65. The smallest absolute Gasteiger partial charge is 0.0543 e. The molecular formula is C14H23N3. The summed E-state index contributed by atoms with van der Waals surface area (Å²) in [6.45, 7) is 5.86. The maximum atomic E-state index is 4.36. The third-order valence-corrected chi connectivity index (χ3v) is 3.40. The van der Waals surface area contributed by atoms with Crippen LogP contribution in [0.5, 0.6) is 0 Å². The Balaban J connectivity index is 1.68. The second-order valence-corrected chi connectivity index (χ2v) is 4.96. The van der Waals surface area contributed by atoms with Gasteiger partial charge in [-0.25, -0.2) is 0 Å². The lowest BCUT2D eigenvalue weighted by atomic mass is 10.1. The lowest BCUT2D eigenvalue weighted by Crippen LogP contribution is -2.36. The lowest BCUT2D eigenvalue weighted by molar-refractivity contribution is 0.193. The Morgan fingerprint density at radius 2 is 2.06 bits per heavy atom. The molecule has 1 saturated heterocycles. The summed E-state index contributed by atoms with van der Waals surface area (Å²) < 4.78 is 0. The van der Waals surface area contributed by atoms with Gasteiger partial charge in [-0.15, -0.1) is 0 Å². The van der Waals surface area contributed by atoms with Crippen LogP contribution in [0.3, 0.4) is 0 Å². The molecule has 0 N–H and O–H groups in total. The van der Waals surface area contributed by atoms with Crippen molar-refractivity contribution in [3.05, 3.63) is 30.1 Å². The molecule has 3 nitrogen and oxygen atoms in total. The molecule has 0 bridgehead atoms. The van der Waals surface area contributed by atoms with E-state index in [1.54, 1.807) is 0 Å². The third kappa shape index (κ3) is 4.44. The number of aromatic nitrogens is 1. The van der Waals surface area contributed by atoms with Crippen molar-refractivity contribution >= 4 is 0 Å². The van der Waals surface area contributed by atoms with Crippen LogP contribution >= 0.6 is 0 Å². The van der Waals surface area contributed by atoms with Gasteiger partial charge in [0.1, 0.15) is 0 Å². The Morgan fingerprint density at radius 1 is 1.24 bits per heavy atom. The molecule has 94 valence electrons. The van der Waals surface area contributed by atoms with Crippen molar-refractivity contribution in [3.63, 3.8) is 0 Å². The predicted molar refractivity (Wildman–Crippen MR) is 70.9 cm³/mol. The minimum Gasteiger partial charge on any atom is -0.302 e. The van der Waals surface area contributed by atoms with Crippen LogP contribution in [0.4, 0.5) is 0 Å². The van der Waals surface area contributed by atoms with E-state index >= 15 is 0 Å². The minimum absolute atomic E-state index is 0.953. The highest BCUT2D eigenvalue weighted by Gasteiger charge is 2.10. The highest BCUT2D eigenvalue weighted by Crippen LogP contribution is 2.08. The number of pyridine rings is 1. The number of piperidine rings is 1. The van der Waals surface area contributed by atoms with E-state index in [4.69, 9.17) is 0 Å². The summed E-state index contributed by atoms with van der Waals surface area (Å²) in [4.78, 5) is 9.30. The van der Waals surface area contributed by atoms with E-state index in [1.165, 1.54) is 38.9 Å². The number of likely N-dealkylation sites (N-methyl/N-ethyl adjacent to an activating group) is 1. The highest BCUT2D eigenvalue weighted by atomic mass is 15.2. The molecule has 0 spiro atoms. The minimum atomic E-state index is 0.953. The van der Waals surface area contributed by atoms with Crippen molar-refractivity contribution < 1.29 is 0 Å². The first kappa shape index (κ1) is 12.5. The van der Waals surface area contributed by atoms with Crippen LogP contribution in [0, 0.1) is 0 Å². The summed E-state index contributed by atoms with van der Waals surface area (Å²) >= 11 is 0. The maximum Gasteiger partial charge on any atom is 0.0543 e. The summed E-state index contributed by atoms with van der Waals surface area (Å²) in [6.07, 6.45) is 6.04. The highest BCUT2D eigenvalue weighted by molar-refractivity contribution is 5.02. The molecule has 0 radical (unpaired) electrons. The quantitative estimate of drug-likeness (QED) is 0.775. The van der Waals surface area contributed by atoms with Crippen molar-refractivity contribution in [2.75, 3.05) is 33.2 Å². The van der Waals surface area contributed by atoms with Crippen LogP contribution in [-0.4, -0.2) is 48.0 Å². The molecule has 2 rings (SSSR count). The van der Waals surface area contributed by atoms with Gasteiger partial charge in [-0.1, -0.05) is 12.5 Å². The standard InChI is InChI=1S/C14H23N3/c1-16(13-14-7-3-4-8-15-14)11-12-17-9-5-2-6-10-17/h3-4,7-8H,2,5-6,9-13H2,1H3. The molecule has 0 atom stereocenters. The van der Waals surface area contributed by atoms with Gasteiger partial charge < -0.3 is 4.90 Å². The Morgan fingerprint density at radius 3 is 2.76 bits per heavy atom. The molecule has 1 aromatic rings. The monoisotopic (exact) mass is 233 g/mol. The second-order valence-electron chi connectivity index (χ2n) is 4.96. The molecule has 1 aliphatic heterocycles. The molecule has 1 aromatic heterocycles. The van der Waals surface area contributed by atoms with E-state index in [0.29, 0.717) is 0 Å². The number of hydrogen-bond donors (Lipinski definition) is 0. The van der Waals surface area contributed by atoms with Crippen molar-refractivity contribution in [2.24, 2.45) is 0 Å². The van der Waals surface area contributed by atoms with Gasteiger partial charge in [0.05, 0.1) is 5.69 Å². The average molecular weight is 233 g/mol. The van der Waals surface area contributed by atoms with E-state index in [0.717, 1.165) is 18.8 Å². The molecule has 0 aromatic carbocycles. The largest absolute Gasteiger partial charge is 0.302 e. The zero-order valence-electron chi connectivity index (χ0n) is 10.8. The lowest BCUT2D eigenvalue weighted by Gasteiger charge is -2.28. The number of hydrogen-bond acceptors (Lipinski definition) is 3. The molecular weight excluding hydrogens is 210 g/mol. The predicted octanol–water partition coefficient (Wildman–Crippen LogP) is 2.00. The van der Waals surface area contributed by atoms with E-state index in [2.05, 4.69) is 34.0 Å². The molecule has 3 heteroatoms.